The quantitative estimate of drug-likeness (QED) is 0.887. The fourth-order valence-electron chi connectivity index (χ4n) is 2.23. The maximum absolute atomic E-state index is 11.3. The van der Waals surface area contributed by atoms with E-state index in [4.69, 9.17) is 0 Å². The molecular formula is C15H17BrN2O2. The predicted octanol–water partition coefficient (Wildman–Crippen LogP) is 3.97. The average molecular weight is 337 g/mol. The van der Waals surface area contributed by atoms with Crippen LogP contribution in [0.25, 0.3) is 11.3 Å². The first kappa shape index (κ1) is 14.8. The number of nitrogens with zero attached hydrogens (tertiary/aromatic N) is 1. The van der Waals surface area contributed by atoms with E-state index in [-0.39, 0.29) is 5.92 Å². The van der Waals surface area contributed by atoms with Gasteiger partial charge in [0.2, 0.25) is 0 Å². The van der Waals surface area contributed by atoms with Crippen molar-refractivity contribution < 1.29 is 9.90 Å². The van der Waals surface area contributed by atoms with Gasteiger partial charge in [-0.15, -0.1) is 0 Å². The number of aryl methyl sites for hydroxylation is 1. The summed E-state index contributed by atoms with van der Waals surface area (Å²) < 4.78 is 0.980. The highest BCUT2D eigenvalue weighted by Gasteiger charge is 2.26. The molecule has 0 spiro atoms. The van der Waals surface area contributed by atoms with E-state index in [9.17, 15) is 9.90 Å². The fourth-order valence-corrected chi connectivity index (χ4v) is 2.59. The van der Waals surface area contributed by atoms with Crippen molar-refractivity contribution in [3.8, 4) is 11.3 Å². The van der Waals surface area contributed by atoms with E-state index in [1.54, 1.807) is 6.20 Å². The van der Waals surface area contributed by atoms with Crippen molar-refractivity contribution in [2.24, 2.45) is 5.92 Å². The zero-order valence-corrected chi connectivity index (χ0v) is 13.2. The molecule has 0 radical (unpaired) electrons. The largest absolute Gasteiger partial charge is 0.481 e. The third kappa shape index (κ3) is 2.93. The first-order valence-electron chi connectivity index (χ1n) is 6.44. The van der Waals surface area contributed by atoms with Crippen molar-refractivity contribution >= 4 is 21.9 Å². The van der Waals surface area contributed by atoms with Crippen molar-refractivity contribution in [3.05, 3.63) is 40.3 Å². The first-order valence-corrected chi connectivity index (χ1v) is 7.23. The van der Waals surface area contributed by atoms with Gasteiger partial charge in [0.05, 0.1) is 11.9 Å². The molecule has 0 saturated heterocycles. The lowest BCUT2D eigenvalue weighted by Crippen LogP contribution is -2.18. The topological polar surface area (TPSA) is 66.0 Å². The summed E-state index contributed by atoms with van der Waals surface area (Å²) in [4.78, 5) is 18.7. The number of halogens is 1. The van der Waals surface area contributed by atoms with Crippen molar-refractivity contribution in [2.75, 3.05) is 0 Å². The van der Waals surface area contributed by atoms with Gasteiger partial charge in [0.1, 0.15) is 11.7 Å². The van der Waals surface area contributed by atoms with Crippen LogP contribution in [0.5, 0.6) is 0 Å². The van der Waals surface area contributed by atoms with Crippen LogP contribution >= 0.6 is 15.9 Å². The van der Waals surface area contributed by atoms with Gasteiger partial charge in [-0.05, 0) is 30.5 Å². The van der Waals surface area contributed by atoms with Crippen LogP contribution in [0.3, 0.4) is 0 Å². The monoisotopic (exact) mass is 336 g/mol. The molecule has 1 aromatic carbocycles. The molecule has 4 nitrogen and oxygen atoms in total. The lowest BCUT2D eigenvalue weighted by Gasteiger charge is -2.13. The number of imidazole rings is 1. The molecule has 0 aliphatic carbocycles. The molecule has 1 aromatic heterocycles. The minimum Gasteiger partial charge on any atom is -0.481 e. The molecular weight excluding hydrogens is 320 g/mol. The van der Waals surface area contributed by atoms with Crippen molar-refractivity contribution in [2.45, 2.75) is 26.7 Å². The third-order valence-electron chi connectivity index (χ3n) is 3.31. The molecule has 0 aliphatic rings. The average Bonchev–Trinajstić information content (AvgIpc) is 2.80. The zero-order chi connectivity index (χ0) is 14.9. The maximum atomic E-state index is 11.3. The van der Waals surface area contributed by atoms with Crippen LogP contribution in [-0.2, 0) is 4.79 Å². The Balaban J connectivity index is 2.42. The molecule has 2 aromatic rings. The van der Waals surface area contributed by atoms with Gasteiger partial charge in [-0.25, -0.2) is 4.98 Å². The van der Waals surface area contributed by atoms with Crippen molar-refractivity contribution in [1.82, 2.24) is 9.97 Å². The van der Waals surface area contributed by atoms with Crippen LogP contribution in [-0.4, -0.2) is 21.0 Å². The number of rotatable bonds is 4. The van der Waals surface area contributed by atoms with Crippen LogP contribution in [0.2, 0.25) is 0 Å². The molecule has 106 valence electrons. The Bertz CT molecular complexity index is 635. The number of hydrogen-bond donors (Lipinski definition) is 2. The summed E-state index contributed by atoms with van der Waals surface area (Å²) in [5, 5.41) is 9.31. The van der Waals surface area contributed by atoms with Gasteiger partial charge in [0.25, 0.3) is 0 Å². The van der Waals surface area contributed by atoms with Gasteiger partial charge < -0.3 is 10.1 Å². The number of carbonyl (C=O) groups is 1. The van der Waals surface area contributed by atoms with Gasteiger partial charge in [-0.3, -0.25) is 4.79 Å². The lowest BCUT2D eigenvalue weighted by atomic mass is 9.95. The Morgan fingerprint density at radius 3 is 2.70 bits per heavy atom. The smallest absolute Gasteiger partial charge is 0.314 e. The molecule has 1 atom stereocenters. The van der Waals surface area contributed by atoms with Crippen LogP contribution < -0.4 is 0 Å². The van der Waals surface area contributed by atoms with Crippen LogP contribution in [0.15, 0.2) is 28.9 Å². The Morgan fingerprint density at radius 1 is 1.40 bits per heavy atom. The van der Waals surface area contributed by atoms with Crippen LogP contribution in [0, 0.1) is 12.8 Å². The van der Waals surface area contributed by atoms with Crippen LogP contribution in [0.1, 0.15) is 31.2 Å². The van der Waals surface area contributed by atoms with Gasteiger partial charge >= 0.3 is 5.97 Å². The van der Waals surface area contributed by atoms with Gasteiger partial charge in [0, 0.05) is 10.0 Å². The summed E-state index contributed by atoms with van der Waals surface area (Å²) in [6.45, 7) is 5.77. The first-order chi connectivity index (χ1) is 9.40. The molecule has 1 unspecified atom stereocenters. The SMILES string of the molecule is Cc1ccc(Br)cc1-c1cnc(C(C(=O)O)C(C)C)[nH]1. The van der Waals surface area contributed by atoms with Crippen molar-refractivity contribution in [1.29, 1.82) is 0 Å². The fraction of sp³-hybridized carbons (Fsp3) is 0.333. The summed E-state index contributed by atoms with van der Waals surface area (Å²) >= 11 is 3.45. The second-order valence-electron chi connectivity index (χ2n) is 5.20. The highest BCUT2D eigenvalue weighted by Crippen LogP contribution is 2.28. The highest BCUT2D eigenvalue weighted by atomic mass is 79.9. The van der Waals surface area contributed by atoms with E-state index < -0.39 is 11.9 Å². The minimum absolute atomic E-state index is 0.0184. The van der Waals surface area contributed by atoms with E-state index in [0.717, 1.165) is 21.3 Å². The molecule has 0 fully saturated rings. The summed E-state index contributed by atoms with van der Waals surface area (Å²) in [6.07, 6.45) is 1.70. The number of carboxylic acid groups (broad SMARTS) is 1. The van der Waals surface area contributed by atoms with E-state index in [1.165, 1.54) is 0 Å². The lowest BCUT2D eigenvalue weighted by molar-refractivity contribution is -0.140. The molecule has 20 heavy (non-hydrogen) atoms. The van der Waals surface area contributed by atoms with Gasteiger partial charge in [0.15, 0.2) is 0 Å². The Hall–Kier alpha value is -1.62. The summed E-state index contributed by atoms with van der Waals surface area (Å²) in [5.74, 6) is -0.986. The summed E-state index contributed by atoms with van der Waals surface area (Å²) in [7, 11) is 0. The van der Waals surface area contributed by atoms with E-state index >= 15 is 0 Å². The second-order valence-corrected chi connectivity index (χ2v) is 6.12. The van der Waals surface area contributed by atoms with E-state index in [2.05, 4.69) is 25.9 Å². The van der Waals surface area contributed by atoms with E-state index in [0.29, 0.717) is 5.82 Å². The second kappa shape index (κ2) is 5.79. The normalized spacial score (nSPS) is 12.7. The van der Waals surface area contributed by atoms with Gasteiger partial charge in [-0.1, -0.05) is 35.8 Å². The minimum atomic E-state index is -0.855. The number of nitrogens with one attached hydrogen (secondary N) is 1. The van der Waals surface area contributed by atoms with Crippen molar-refractivity contribution in [3.63, 3.8) is 0 Å². The predicted molar refractivity (Wildman–Crippen MR) is 81.7 cm³/mol. The van der Waals surface area contributed by atoms with Crippen LogP contribution in [0.4, 0.5) is 0 Å². The molecule has 2 rings (SSSR count). The summed E-state index contributed by atoms with van der Waals surface area (Å²) in [5.41, 5.74) is 2.97. The highest BCUT2D eigenvalue weighted by molar-refractivity contribution is 9.10. The van der Waals surface area contributed by atoms with E-state index in [1.807, 2.05) is 39.0 Å². The molecule has 0 amide bonds. The number of aromatic amines is 1. The third-order valence-corrected chi connectivity index (χ3v) is 3.81. The maximum Gasteiger partial charge on any atom is 0.314 e. The van der Waals surface area contributed by atoms with Gasteiger partial charge in [-0.2, -0.15) is 0 Å². The number of hydrogen-bond acceptors (Lipinski definition) is 2. The number of aliphatic carboxylic acids is 1. The zero-order valence-electron chi connectivity index (χ0n) is 11.6. The Kier molecular flexibility index (Phi) is 4.28. The molecule has 0 aliphatic heterocycles. The Morgan fingerprint density at radius 2 is 2.10 bits per heavy atom. The molecule has 1 heterocycles. The summed E-state index contributed by atoms with van der Waals surface area (Å²) in [6, 6.07) is 5.99. The molecule has 0 saturated carbocycles. The number of benzene rings is 1. The number of H-pyrrole nitrogens is 1. The standard InChI is InChI=1S/C15H17BrN2O2/c1-8(2)13(15(19)20)14-17-7-12(18-14)11-6-10(16)5-4-9(11)3/h4-8,13H,1-3H3,(H,17,18)(H,19,20). The molecule has 5 heteroatoms. The number of carboxylic acids is 1. The Labute approximate surface area is 126 Å². The molecule has 0 bridgehead atoms. The molecule has 2 N–H and O–H groups in total. The number of aromatic nitrogens is 2.